The summed E-state index contributed by atoms with van der Waals surface area (Å²) < 4.78 is 0. The highest BCUT2D eigenvalue weighted by molar-refractivity contribution is 7.20. The van der Waals surface area contributed by atoms with Crippen molar-refractivity contribution in [1.29, 1.82) is 0 Å². The van der Waals surface area contributed by atoms with E-state index in [0.717, 1.165) is 16.5 Å². The highest BCUT2D eigenvalue weighted by atomic mass is 32.1. The summed E-state index contributed by atoms with van der Waals surface area (Å²) >= 11 is 1.25. The average Bonchev–Trinajstić information content (AvgIpc) is 2.58. The number of carboxylic acids is 1. The Morgan fingerprint density at radius 1 is 1.54 bits per heavy atom. The number of nitrogens with one attached hydrogen (secondary N) is 1. The molecule has 0 radical (unpaired) electrons. The lowest BCUT2D eigenvalue weighted by Gasteiger charge is -1.83. The lowest BCUT2D eigenvalue weighted by Crippen LogP contribution is -1.94. The Hall–Kier alpha value is -1.62. The van der Waals surface area contributed by atoms with Crippen LogP contribution < -0.4 is 0 Å². The molecule has 4 nitrogen and oxygen atoms in total. The van der Waals surface area contributed by atoms with Crippen LogP contribution in [-0.4, -0.2) is 22.3 Å². The summed E-state index contributed by atoms with van der Waals surface area (Å²) in [4.78, 5) is 24.9. The first kappa shape index (κ1) is 8.00. The minimum absolute atomic E-state index is 0.152. The molecule has 0 saturated carbocycles. The molecule has 0 aromatic carbocycles. The largest absolute Gasteiger partial charge is 0.477 e. The molecule has 0 fully saturated rings. The number of fused-ring (bicyclic) bond motifs is 1. The van der Waals surface area contributed by atoms with E-state index >= 15 is 0 Å². The summed E-state index contributed by atoms with van der Waals surface area (Å²) in [7, 11) is 0. The topological polar surface area (TPSA) is 70.2 Å². The number of thiophene rings is 1. The van der Waals surface area contributed by atoms with Gasteiger partial charge in [0.2, 0.25) is 0 Å². The summed E-state index contributed by atoms with van der Waals surface area (Å²) in [5, 5.41) is 9.40. The number of hydrogen-bond donors (Lipinski definition) is 2. The van der Waals surface area contributed by atoms with E-state index in [2.05, 4.69) is 4.98 Å². The minimum atomic E-state index is -0.990. The Kier molecular flexibility index (Phi) is 1.66. The normalized spacial score (nSPS) is 10.5. The van der Waals surface area contributed by atoms with Gasteiger partial charge >= 0.3 is 5.97 Å². The highest BCUT2D eigenvalue weighted by Crippen LogP contribution is 2.24. The van der Waals surface area contributed by atoms with Crippen LogP contribution in [0.2, 0.25) is 0 Å². The predicted octanol–water partition coefficient (Wildman–Crippen LogP) is 1.74. The van der Waals surface area contributed by atoms with Crippen LogP contribution in [0.25, 0.3) is 10.2 Å². The van der Waals surface area contributed by atoms with E-state index in [4.69, 9.17) is 5.11 Å². The number of hydrogen-bond acceptors (Lipinski definition) is 3. The molecule has 0 saturated heterocycles. The van der Waals surface area contributed by atoms with Crippen molar-refractivity contribution in [3.63, 3.8) is 0 Å². The number of aromatic amines is 1. The van der Waals surface area contributed by atoms with Crippen molar-refractivity contribution in [3.05, 3.63) is 22.7 Å². The summed E-state index contributed by atoms with van der Waals surface area (Å²) in [5.41, 5.74) is 0.152. The van der Waals surface area contributed by atoms with Crippen LogP contribution in [0.4, 0.5) is 0 Å². The maximum Gasteiger partial charge on any atom is 0.352 e. The van der Waals surface area contributed by atoms with Crippen LogP contribution in [0, 0.1) is 0 Å². The fourth-order valence-corrected chi connectivity index (χ4v) is 1.98. The Bertz CT molecular complexity index is 451. The van der Waals surface area contributed by atoms with E-state index < -0.39 is 5.97 Å². The molecule has 2 aromatic heterocycles. The van der Waals surface area contributed by atoms with E-state index in [9.17, 15) is 9.59 Å². The lowest BCUT2D eigenvalue weighted by molar-refractivity contribution is 0.0691. The maximum atomic E-state index is 10.5. The number of carboxylic acid groups (broad SMARTS) is 1. The van der Waals surface area contributed by atoms with Gasteiger partial charge in [-0.2, -0.15) is 0 Å². The van der Waals surface area contributed by atoms with Gasteiger partial charge in [0, 0.05) is 5.39 Å². The van der Waals surface area contributed by atoms with Crippen LogP contribution in [-0.2, 0) is 0 Å². The number of carbonyl (C=O) groups excluding carboxylic acids is 1. The summed E-state index contributed by atoms with van der Waals surface area (Å²) in [6.07, 6.45) is 0.749. The molecule has 0 atom stereocenters. The van der Waals surface area contributed by atoms with E-state index in [1.54, 1.807) is 6.07 Å². The third-order valence-corrected chi connectivity index (χ3v) is 2.67. The molecule has 0 bridgehead atoms. The Morgan fingerprint density at radius 3 is 2.85 bits per heavy atom. The van der Waals surface area contributed by atoms with Crippen LogP contribution in [0.15, 0.2) is 12.1 Å². The van der Waals surface area contributed by atoms with Gasteiger partial charge in [0.25, 0.3) is 0 Å². The molecule has 13 heavy (non-hydrogen) atoms. The molecule has 2 aromatic rings. The van der Waals surface area contributed by atoms with Crippen LogP contribution in [0.5, 0.6) is 0 Å². The van der Waals surface area contributed by atoms with Crippen LogP contribution >= 0.6 is 11.3 Å². The SMILES string of the molecule is O=Cc1cc2cc(C(=O)O)[nH]c2s1. The maximum absolute atomic E-state index is 10.5. The molecule has 0 unspecified atom stereocenters. The Morgan fingerprint density at radius 2 is 2.31 bits per heavy atom. The second-order valence-electron chi connectivity index (χ2n) is 2.54. The van der Waals surface area contributed by atoms with Gasteiger partial charge < -0.3 is 10.1 Å². The molecule has 2 N–H and O–H groups in total. The van der Waals surface area contributed by atoms with Gasteiger partial charge in [-0.15, -0.1) is 11.3 Å². The number of rotatable bonds is 2. The molecule has 2 heterocycles. The minimum Gasteiger partial charge on any atom is -0.477 e. The molecule has 2 rings (SSSR count). The third kappa shape index (κ3) is 1.23. The van der Waals surface area contributed by atoms with Crippen molar-refractivity contribution < 1.29 is 14.7 Å². The first-order valence-electron chi connectivity index (χ1n) is 3.52. The van der Waals surface area contributed by atoms with E-state index in [1.165, 1.54) is 17.4 Å². The Labute approximate surface area is 76.8 Å². The molecule has 5 heteroatoms. The average molecular weight is 195 g/mol. The fraction of sp³-hybridized carbons (Fsp3) is 0. The summed E-state index contributed by atoms with van der Waals surface area (Å²) in [5.74, 6) is -0.990. The second-order valence-corrected chi connectivity index (χ2v) is 3.62. The molecule has 0 amide bonds. The molecular formula is C8H5NO3S. The standard InChI is InChI=1S/C8H5NO3S/c10-3-5-1-4-2-6(8(11)12)9-7(4)13-5/h1-3,9H,(H,11,12). The fourth-order valence-electron chi connectivity index (χ4n) is 1.12. The molecule has 66 valence electrons. The first-order valence-corrected chi connectivity index (χ1v) is 4.33. The van der Waals surface area contributed by atoms with E-state index in [-0.39, 0.29) is 5.69 Å². The monoisotopic (exact) mass is 195 g/mol. The summed E-state index contributed by atoms with van der Waals surface area (Å²) in [6, 6.07) is 3.18. The quantitative estimate of drug-likeness (QED) is 0.717. The van der Waals surface area contributed by atoms with Gasteiger partial charge in [0.05, 0.1) is 4.88 Å². The number of aromatic carboxylic acids is 1. The van der Waals surface area contributed by atoms with Crippen LogP contribution in [0.1, 0.15) is 20.2 Å². The predicted molar refractivity (Wildman–Crippen MR) is 48.5 cm³/mol. The van der Waals surface area contributed by atoms with Crippen molar-refractivity contribution >= 4 is 33.8 Å². The van der Waals surface area contributed by atoms with Crippen molar-refractivity contribution in [2.75, 3.05) is 0 Å². The smallest absolute Gasteiger partial charge is 0.352 e. The van der Waals surface area contributed by atoms with Crippen molar-refractivity contribution in [2.24, 2.45) is 0 Å². The van der Waals surface area contributed by atoms with Gasteiger partial charge in [0.1, 0.15) is 10.5 Å². The van der Waals surface area contributed by atoms with Crippen molar-refractivity contribution in [1.82, 2.24) is 4.98 Å². The van der Waals surface area contributed by atoms with Gasteiger partial charge in [-0.25, -0.2) is 4.79 Å². The zero-order chi connectivity index (χ0) is 9.42. The molecular weight excluding hydrogens is 190 g/mol. The zero-order valence-corrected chi connectivity index (χ0v) is 7.22. The number of carbonyl (C=O) groups is 2. The molecule has 0 aliphatic heterocycles. The zero-order valence-electron chi connectivity index (χ0n) is 6.40. The van der Waals surface area contributed by atoms with Gasteiger partial charge in [-0.3, -0.25) is 4.79 Å². The van der Waals surface area contributed by atoms with Crippen LogP contribution in [0.3, 0.4) is 0 Å². The Balaban J connectivity index is 2.60. The summed E-state index contributed by atoms with van der Waals surface area (Å²) in [6.45, 7) is 0. The molecule has 0 aliphatic rings. The lowest BCUT2D eigenvalue weighted by atomic mass is 10.3. The number of aromatic nitrogens is 1. The van der Waals surface area contributed by atoms with E-state index in [0.29, 0.717) is 4.88 Å². The molecule has 0 spiro atoms. The van der Waals surface area contributed by atoms with Crippen molar-refractivity contribution in [3.8, 4) is 0 Å². The van der Waals surface area contributed by atoms with Gasteiger partial charge in [-0.1, -0.05) is 0 Å². The van der Waals surface area contributed by atoms with Crippen molar-refractivity contribution in [2.45, 2.75) is 0 Å². The third-order valence-electron chi connectivity index (χ3n) is 1.67. The second kappa shape index (κ2) is 2.70. The highest BCUT2D eigenvalue weighted by Gasteiger charge is 2.09. The van der Waals surface area contributed by atoms with Gasteiger partial charge in [-0.05, 0) is 12.1 Å². The molecule has 0 aliphatic carbocycles. The van der Waals surface area contributed by atoms with Gasteiger partial charge in [0.15, 0.2) is 6.29 Å². The van der Waals surface area contributed by atoms with E-state index in [1.807, 2.05) is 0 Å². The number of H-pyrrole nitrogens is 1. The number of aldehydes is 1. The first-order chi connectivity index (χ1) is 6.20.